The van der Waals surface area contributed by atoms with Crippen molar-refractivity contribution in [2.75, 3.05) is 19.8 Å². The summed E-state index contributed by atoms with van der Waals surface area (Å²) in [6.45, 7) is 3.11. The maximum Gasteiger partial charge on any atom is 0.241 e. The van der Waals surface area contributed by atoms with Crippen LogP contribution in [0.5, 0.6) is 0 Å². The maximum atomic E-state index is 13.2. The van der Waals surface area contributed by atoms with Crippen molar-refractivity contribution in [2.45, 2.75) is 31.2 Å². The van der Waals surface area contributed by atoms with E-state index >= 15 is 0 Å². The van der Waals surface area contributed by atoms with Gasteiger partial charge in [-0.25, -0.2) is 17.5 Å². The van der Waals surface area contributed by atoms with E-state index in [1.165, 1.54) is 12.1 Å². The highest BCUT2D eigenvalue weighted by Crippen LogP contribution is 2.16. The van der Waals surface area contributed by atoms with Gasteiger partial charge in [-0.3, -0.25) is 0 Å². The average molecular weight is 304 g/mol. The lowest BCUT2D eigenvalue weighted by Gasteiger charge is -2.11. The maximum absolute atomic E-state index is 13.2. The molecule has 0 aliphatic carbocycles. The van der Waals surface area contributed by atoms with E-state index in [2.05, 4.69) is 4.72 Å². The minimum Gasteiger partial charge on any atom is -0.380 e. The van der Waals surface area contributed by atoms with Gasteiger partial charge in [0.05, 0.1) is 11.5 Å². The predicted octanol–water partition coefficient (Wildman–Crippen LogP) is 1.38. The largest absolute Gasteiger partial charge is 0.380 e. The Labute approximate surface area is 119 Å². The van der Waals surface area contributed by atoms with Crippen LogP contribution in [-0.2, 0) is 21.3 Å². The van der Waals surface area contributed by atoms with Gasteiger partial charge in [-0.05, 0) is 24.1 Å². The third-order valence-electron chi connectivity index (χ3n) is 2.72. The van der Waals surface area contributed by atoms with Crippen LogP contribution in [0.25, 0.3) is 0 Å². The van der Waals surface area contributed by atoms with Crippen LogP contribution >= 0.6 is 0 Å². The fourth-order valence-corrected chi connectivity index (χ4v) is 2.89. The van der Waals surface area contributed by atoms with Gasteiger partial charge in [-0.1, -0.05) is 19.4 Å². The highest BCUT2D eigenvalue weighted by molar-refractivity contribution is 7.89. The predicted molar refractivity (Wildman–Crippen MR) is 75.2 cm³/mol. The Hall–Kier alpha value is -1.02. The van der Waals surface area contributed by atoms with Gasteiger partial charge in [0.2, 0.25) is 10.0 Å². The molecule has 0 fully saturated rings. The van der Waals surface area contributed by atoms with Gasteiger partial charge < -0.3 is 10.5 Å². The zero-order valence-electron chi connectivity index (χ0n) is 11.6. The molecule has 114 valence electrons. The molecular weight excluding hydrogens is 283 g/mol. The van der Waals surface area contributed by atoms with Crippen LogP contribution < -0.4 is 10.5 Å². The van der Waals surface area contributed by atoms with E-state index in [1.807, 2.05) is 6.92 Å². The van der Waals surface area contributed by atoms with Gasteiger partial charge in [-0.15, -0.1) is 0 Å². The Kier molecular flexibility index (Phi) is 7.08. The summed E-state index contributed by atoms with van der Waals surface area (Å²) in [4.78, 5) is -0.117. The number of benzene rings is 1. The fourth-order valence-electron chi connectivity index (χ4n) is 1.62. The third kappa shape index (κ3) is 5.16. The quantitative estimate of drug-likeness (QED) is 0.675. The van der Waals surface area contributed by atoms with Crippen LogP contribution in [-0.4, -0.2) is 28.2 Å². The first-order chi connectivity index (χ1) is 9.51. The molecule has 5 nitrogen and oxygen atoms in total. The van der Waals surface area contributed by atoms with E-state index in [9.17, 15) is 12.8 Å². The van der Waals surface area contributed by atoms with Gasteiger partial charge in [0.25, 0.3) is 0 Å². The van der Waals surface area contributed by atoms with Crippen molar-refractivity contribution in [3.05, 3.63) is 29.6 Å². The highest BCUT2D eigenvalue weighted by Gasteiger charge is 2.18. The van der Waals surface area contributed by atoms with Crippen molar-refractivity contribution >= 4 is 10.0 Å². The molecule has 0 aliphatic rings. The van der Waals surface area contributed by atoms with Crippen molar-refractivity contribution in [1.29, 1.82) is 0 Å². The van der Waals surface area contributed by atoms with Crippen molar-refractivity contribution in [2.24, 2.45) is 5.73 Å². The van der Waals surface area contributed by atoms with Gasteiger partial charge >= 0.3 is 0 Å². The zero-order chi connectivity index (χ0) is 15.0. The number of nitrogens with one attached hydrogen (secondary N) is 1. The summed E-state index contributed by atoms with van der Waals surface area (Å²) >= 11 is 0. The summed E-state index contributed by atoms with van der Waals surface area (Å²) in [5.41, 5.74) is 5.85. The highest BCUT2D eigenvalue weighted by atomic mass is 32.2. The van der Waals surface area contributed by atoms with E-state index in [1.54, 1.807) is 0 Å². The second-order valence-corrected chi connectivity index (χ2v) is 6.06. The molecular formula is C13H21FN2O3S. The third-order valence-corrected chi connectivity index (χ3v) is 4.26. The number of nitrogens with two attached hydrogens (primary N) is 1. The molecule has 0 heterocycles. The minimum absolute atomic E-state index is 0.0313. The molecule has 0 radical (unpaired) electrons. The van der Waals surface area contributed by atoms with Gasteiger partial charge in [0.15, 0.2) is 0 Å². The van der Waals surface area contributed by atoms with Crippen LogP contribution in [0.3, 0.4) is 0 Å². The van der Waals surface area contributed by atoms with Gasteiger partial charge in [0, 0.05) is 19.7 Å². The molecule has 0 bridgehead atoms. The summed E-state index contributed by atoms with van der Waals surface area (Å²) < 4.78 is 45.0. The summed E-state index contributed by atoms with van der Waals surface area (Å²) in [7, 11) is -3.77. The standard InChI is InChI=1S/C13H21FN2O3S/c1-2-3-7-19-8-6-16-20(17,18)13-9-12(14)5-4-11(13)10-15/h4-5,9,16H,2-3,6-8,10,15H2,1H3. The molecule has 0 spiro atoms. The Morgan fingerprint density at radius 2 is 2.10 bits per heavy atom. The van der Waals surface area contributed by atoms with E-state index in [-0.39, 0.29) is 24.6 Å². The van der Waals surface area contributed by atoms with Crippen molar-refractivity contribution in [3.63, 3.8) is 0 Å². The van der Waals surface area contributed by atoms with Crippen molar-refractivity contribution in [1.82, 2.24) is 4.72 Å². The molecule has 7 heteroatoms. The number of halogens is 1. The van der Waals surface area contributed by atoms with E-state index < -0.39 is 15.8 Å². The molecule has 0 amide bonds. The van der Waals surface area contributed by atoms with E-state index in [0.717, 1.165) is 18.9 Å². The SMILES string of the molecule is CCCCOCCNS(=O)(=O)c1cc(F)ccc1CN. The Bertz CT molecular complexity index is 520. The Morgan fingerprint density at radius 1 is 1.35 bits per heavy atom. The monoisotopic (exact) mass is 304 g/mol. The molecule has 0 aromatic heterocycles. The smallest absolute Gasteiger partial charge is 0.241 e. The molecule has 20 heavy (non-hydrogen) atoms. The van der Waals surface area contributed by atoms with Gasteiger partial charge in [-0.2, -0.15) is 0 Å². The second-order valence-electron chi connectivity index (χ2n) is 4.32. The lowest BCUT2D eigenvalue weighted by atomic mass is 10.2. The Balaban J connectivity index is 2.62. The first kappa shape index (κ1) is 17.0. The number of rotatable bonds is 9. The molecule has 0 unspecified atom stereocenters. The average Bonchev–Trinajstić information content (AvgIpc) is 2.42. The molecule has 1 aromatic rings. The van der Waals surface area contributed by atoms with Crippen molar-refractivity contribution < 1.29 is 17.5 Å². The number of hydrogen-bond acceptors (Lipinski definition) is 4. The van der Waals surface area contributed by atoms with Crippen LogP contribution in [0.4, 0.5) is 4.39 Å². The fraction of sp³-hybridized carbons (Fsp3) is 0.538. The lowest BCUT2D eigenvalue weighted by molar-refractivity contribution is 0.136. The van der Waals surface area contributed by atoms with E-state index in [0.29, 0.717) is 12.2 Å². The number of sulfonamides is 1. The first-order valence-electron chi connectivity index (χ1n) is 6.57. The number of unbranched alkanes of at least 4 members (excludes halogenated alkanes) is 1. The molecule has 0 atom stereocenters. The minimum atomic E-state index is -3.77. The lowest BCUT2D eigenvalue weighted by Crippen LogP contribution is -2.28. The molecule has 1 aromatic carbocycles. The first-order valence-corrected chi connectivity index (χ1v) is 8.05. The normalized spacial score (nSPS) is 11.8. The molecule has 1 rings (SSSR count). The van der Waals surface area contributed by atoms with E-state index in [4.69, 9.17) is 10.5 Å². The van der Waals surface area contributed by atoms with Crippen LogP contribution in [0.1, 0.15) is 25.3 Å². The topological polar surface area (TPSA) is 81.4 Å². The number of hydrogen-bond donors (Lipinski definition) is 2. The summed E-state index contributed by atoms with van der Waals surface area (Å²) in [6.07, 6.45) is 1.96. The molecule has 0 saturated carbocycles. The van der Waals surface area contributed by atoms with Crippen molar-refractivity contribution in [3.8, 4) is 0 Å². The zero-order valence-corrected chi connectivity index (χ0v) is 12.4. The molecule has 3 N–H and O–H groups in total. The summed E-state index contributed by atoms with van der Waals surface area (Å²) in [5.74, 6) is -0.609. The molecule has 0 saturated heterocycles. The van der Waals surface area contributed by atoms with Crippen LogP contribution in [0, 0.1) is 5.82 Å². The second kappa shape index (κ2) is 8.31. The molecule has 0 aliphatic heterocycles. The summed E-state index contributed by atoms with van der Waals surface area (Å²) in [6, 6.07) is 3.54. The Morgan fingerprint density at radius 3 is 2.75 bits per heavy atom. The number of ether oxygens (including phenoxy) is 1. The summed E-state index contributed by atoms with van der Waals surface area (Å²) in [5, 5.41) is 0. The van der Waals surface area contributed by atoms with Gasteiger partial charge in [0.1, 0.15) is 5.82 Å². The van der Waals surface area contributed by atoms with Crippen LogP contribution in [0.15, 0.2) is 23.1 Å². The van der Waals surface area contributed by atoms with Crippen LogP contribution in [0.2, 0.25) is 0 Å².